The molecule has 0 bridgehead atoms. The summed E-state index contributed by atoms with van der Waals surface area (Å²) in [5, 5.41) is 5.69. The fraction of sp³-hybridized carbons (Fsp3) is 0.368. The number of esters is 1. The number of carbonyl (C=O) groups excluding carboxylic acids is 3. The summed E-state index contributed by atoms with van der Waals surface area (Å²) in [6, 6.07) is 11.0. The predicted octanol–water partition coefficient (Wildman–Crippen LogP) is 2.34. The summed E-state index contributed by atoms with van der Waals surface area (Å²) in [6.07, 6.45) is 2.31. The second-order valence-electron chi connectivity index (χ2n) is 5.81. The van der Waals surface area contributed by atoms with Crippen molar-refractivity contribution in [3.05, 3.63) is 42.1 Å². The van der Waals surface area contributed by atoms with E-state index in [1.807, 2.05) is 43.3 Å². The number of ether oxygens (including phenoxy) is 1. The zero-order valence-electron chi connectivity index (χ0n) is 14.8. The summed E-state index contributed by atoms with van der Waals surface area (Å²) in [5.41, 5.74) is 1.65. The Morgan fingerprint density at radius 3 is 2.73 bits per heavy atom. The first kappa shape index (κ1) is 19.4. The van der Waals surface area contributed by atoms with Crippen molar-refractivity contribution < 1.29 is 19.1 Å². The monoisotopic (exact) mass is 357 g/mol. The number of fused-ring (bicyclic) bond motifs is 1. The number of aromatic nitrogens is 1. The van der Waals surface area contributed by atoms with Crippen LogP contribution in [0.4, 0.5) is 4.79 Å². The second-order valence-corrected chi connectivity index (χ2v) is 5.81. The van der Waals surface area contributed by atoms with E-state index in [1.165, 1.54) is 0 Å². The van der Waals surface area contributed by atoms with E-state index in [1.54, 1.807) is 0 Å². The molecule has 7 heteroatoms. The number of carbonyl (C=O) groups is 3. The fourth-order valence-electron chi connectivity index (χ4n) is 2.28. The van der Waals surface area contributed by atoms with Crippen LogP contribution < -0.4 is 10.6 Å². The van der Waals surface area contributed by atoms with Crippen molar-refractivity contribution in [1.29, 1.82) is 0 Å². The number of aryl methyl sites for hydroxylation is 1. The van der Waals surface area contributed by atoms with E-state index >= 15 is 0 Å². The molecular weight excluding hydrogens is 334 g/mol. The van der Waals surface area contributed by atoms with E-state index in [0.29, 0.717) is 13.0 Å². The third-order valence-electron chi connectivity index (χ3n) is 3.67. The fourth-order valence-corrected chi connectivity index (χ4v) is 2.28. The van der Waals surface area contributed by atoms with Crippen molar-refractivity contribution in [2.45, 2.75) is 32.6 Å². The molecule has 0 radical (unpaired) electrons. The van der Waals surface area contributed by atoms with E-state index in [0.717, 1.165) is 29.4 Å². The zero-order valence-corrected chi connectivity index (χ0v) is 14.8. The Kier molecular flexibility index (Phi) is 7.54. The molecule has 0 atom stereocenters. The van der Waals surface area contributed by atoms with Crippen LogP contribution in [0.2, 0.25) is 0 Å². The third kappa shape index (κ3) is 6.51. The molecule has 2 N–H and O–H groups in total. The Hall–Kier alpha value is -2.96. The number of amides is 3. The lowest BCUT2D eigenvalue weighted by Crippen LogP contribution is -2.41. The molecule has 0 spiro atoms. The van der Waals surface area contributed by atoms with Crippen LogP contribution in [-0.2, 0) is 20.7 Å². The van der Waals surface area contributed by atoms with Gasteiger partial charge in [-0.3, -0.25) is 19.9 Å². The van der Waals surface area contributed by atoms with Crippen LogP contribution >= 0.6 is 0 Å². The molecule has 0 saturated carbocycles. The Bertz CT molecular complexity index is 776. The summed E-state index contributed by atoms with van der Waals surface area (Å²) < 4.78 is 4.88. The van der Waals surface area contributed by atoms with Gasteiger partial charge in [0.2, 0.25) is 0 Å². The van der Waals surface area contributed by atoms with Gasteiger partial charge in [0, 0.05) is 24.0 Å². The summed E-state index contributed by atoms with van der Waals surface area (Å²) in [7, 11) is 0. The number of unbranched alkanes of at least 4 members (excludes halogenated alkanes) is 1. The van der Waals surface area contributed by atoms with Crippen LogP contribution in [0.25, 0.3) is 10.9 Å². The molecule has 0 aliphatic carbocycles. The van der Waals surface area contributed by atoms with Gasteiger partial charge in [0.05, 0.1) is 11.9 Å². The number of pyridine rings is 1. The number of hydrogen-bond acceptors (Lipinski definition) is 5. The van der Waals surface area contributed by atoms with E-state index in [2.05, 4.69) is 15.6 Å². The lowest BCUT2D eigenvalue weighted by atomic mass is 10.1. The maximum Gasteiger partial charge on any atom is 0.321 e. The number of para-hydroxylation sites is 1. The summed E-state index contributed by atoms with van der Waals surface area (Å²) >= 11 is 0. The molecule has 0 aliphatic heterocycles. The average molecular weight is 357 g/mol. The number of hydrogen-bond donors (Lipinski definition) is 2. The molecule has 0 unspecified atom stereocenters. The molecule has 138 valence electrons. The minimum absolute atomic E-state index is 0.112. The van der Waals surface area contributed by atoms with Gasteiger partial charge in [0.25, 0.3) is 5.91 Å². The Morgan fingerprint density at radius 2 is 1.92 bits per heavy atom. The van der Waals surface area contributed by atoms with Gasteiger partial charge in [-0.05, 0) is 18.6 Å². The smallest absolute Gasteiger partial charge is 0.321 e. The molecule has 2 aromatic rings. The average Bonchev–Trinajstić information content (AvgIpc) is 2.64. The van der Waals surface area contributed by atoms with E-state index in [4.69, 9.17) is 4.74 Å². The van der Waals surface area contributed by atoms with Crippen molar-refractivity contribution in [2.75, 3.05) is 13.2 Å². The Labute approximate surface area is 152 Å². The highest BCUT2D eigenvalue weighted by Gasteiger charge is 2.11. The van der Waals surface area contributed by atoms with Crippen molar-refractivity contribution in [2.24, 2.45) is 0 Å². The molecule has 1 aromatic heterocycles. The first-order valence-electron chi connectivity index (χ1n) is 8.66. The van der Waals surface area contributed by atoms with Gasteiger partial charge in [-0.2, -0.15) is 0 Å². The van der Waals surface area contributed by atoms with Gasteiger partial charge < -0.3 is 10.1 Å². The first-order chi connectivity index (χ1) is 12.6. The SMILES string of the molecule is CCCCNC(=O)NC(=O)COC(=O)CCc1ccc2ccccc2n1. The highest BCUT2D eigenvalue weighted by molar-refractivity contribution is 5.95. The second kappa shape index (κ2) is 10.1. The van der Waals surface area contributed by atoms with Gasteiger partial charge in [-0.25, -0.2) is 4.79 Å². The molecule has 3 amide bonds. The molecule has 7 nitrogen and oxygen atoms in total. The first-order valence-corrected chi connectivity index (χ1v) is 8.66. The van der Waals surface area contributed by atoms with Crippen LogP contribution in [0.5, 0.6) is 0 Å². The van der Waals surface area contributed by atoms with Crippen molar-refractivity contribution in [1.82, 2.24) is 15.6 Å². The normalized spacial score (nSPS) is 10.3. The predicted molar refractivity (Wildman–Crippen MR) is 97.5 cm³/mol. The van der Waals surface area contributed by atoms with Crippen LogP contribution in [0.15, 0.2) is 36.4 Å². The van der Waals surface area contributed by atoms with Gasteiger partial charge in [0.15, 0.2) is 6.61 Å². The minimum atomic E-state index is -0.656. The van der Waals surface area contributed by atoms with Gasteiger partial charge in [-0.15, -0.1) is 0 Å². The molecule has 2 rings (SSSR count). The van der Waals surface area contributed by atoms with Crippen LogP contribution in [0, 0.1) is 0 Å². The lowest BCUT2D eigenvalue weighted by molar-refractivity contribution is -0.148. The number of urea groups is 1. The summed E-state index contributed by atoms with van der Waals surface area (Å²) in [5.74, 6) is -1.17. The largest absolute Gasteiger partial charge is 0.456 e. The molecule has 26 heavy (non-hydrogen) atoms. The molecule has 1 heterocycles. The summed E-state index contributed by atoms with van der Waals surface area (Å²) in [4.78, 5) is 39.2. The van der Waals surface area contributed by atoms with Crippen LogP contribution in [0.1, 0.15) is 31.9 Å². The maximum absolute atomic E-state index is 11.8. The molecule has 0 saturated heterocycles. The highest BCUT2D eigenvalue weighted by atomic mass is 16.5. The highest BCUT2D eigenvalue weighted by Crippen LogP contribution is 2.12. The van der Waals surface area contributed by atoms with Crippen molar-refractivity contribution in [3.8, 4) is 0 Å². The van der Waals surface area contributed by atoms with Crippen molar-refractivity contribution >= 4 is 28.8 Å². The molecular formula is C19H23N3O4. The van der Waals surface area contributed by atoms with E-state index < -0.39 is 24.5 Å². The number of imide groups is 1. The quantitative estimate of drug-likeness (QED) is 0.558. The summed E-state index contributed by atoms with van der Waals surface area (Å²) in [6.45, 7) is 2.01. The van der Waals surface area contributed by atoms with Crippen molar-refractivity contribution in [3.63, 3.8) is 0 Å². The van der Waals surface area contributed by atoms with E-state index in [9.17, 15) is 14.4 Å². The molecule has 1 aromatic carbocycles. The maximum atomic E-state index is 11.8. The molecule has 0 aliphatic rings. The number of nitrogens with zero attached hydrogens (tertiary/aromatic N) is 1. The van der Waals surface area contributed by atoms with Crippen LogP contribution in [-0.4, -0.2) is 36.0 Å². The van der Waals surface area contributed by atoms with Gasteiger partial charge in [0.1, 0.15) is 0 Å². The Balaban J connectivity index is 1.69. The Morgan fingerprint density at radius 1 is 1.12 bits per heavy atom. The standard InChI is InChI=1S/C19H23N3O4/c1-2-3-12-20-19(25)22-17(23)13-26-18(24)11-10-15-9-8-14-6-4-5-7-16(14)21-15/h4-9H,2-3,10-13H2,1H3,(H2,20,22,23,25). The van der Waals surface area contributed by atoms with E-state index in [-0.39, 0.29) is 6.42 Å². The minimum Gasteiger partial charge on any atom is -0.456 e. The lowest BCUT2D eigenvalue weighted by Gasteiger charge is -2.07. The molecule has 0 fully saturated rings. The number of rotatable bonds is 8. The zero-order chi connectivity index (χ0) is 18.8. The van der Waals surface area contributed by atoms with Gasteiger partial charge in [-0.1, -0.05) is 37.6 Å². The van der Waals surface area contributed by atoms with Crippen LogP contribution in [0.3, 0.4) is 0 Å². The number of benzene rings is 1. The third-order valence-corrected chi connectivity index (χ3v) is 3.67. The topological polar surface area (TPSA) is 97.4 Å². The number of nitrogens with one attached hydrogen (secondary N) is 2. The van der Waals surface area contributed by atoms with Gasteiger partial charge >= 0.3 is 12.0 Å².